The fourth-order valence-corrected chi connectivity index (χ4v) is 10.2. The predicted molar refractivity (Wildman–Crippen MR) is 181 cm³/mol. The van der Waals surface area contributed by atoms with Crippen molar-refractivity contribution in [2.24, 2.45) is 23.7 Å². The van der Waals surface area contributed by atoms with Gasteiger partial charge in [-0.3, -0.25) is 0 Å². The molecule has 0 spiro atoms. The average Bonchev–Trinajstić information content (AvgIpc) is 3.57. The molecular weight excluding hydrogens is 552 g/mol. The molecule has 4 aromatic carbocycles. The normalized spacial score (nSPS) is 31.4. The highest BCUT2D eigenvalue weighted by Gasteiger charge is 2.58. The molecule has 45 heavy (non-hydrogen) atoms. The summed E-state index contributed by atoms with van der Waals surface area (Å²) >= 11 is 0. The maximum Gasteiger partial charge on any atom is 0.161 e. The molecular formula is C41H44N2O2. The molecule has 4 nitrogen and oxygen atoms in total. The number of ether oxygens (including phenoxy) is 2. The summed E-state index contributed by atoms with van der Waals surface area (Å²) < 4.78 is 12.4. The van der Waals surface area contributed by atoms with E-state index in [1.165, 1.54) is 65.7 Å². The second-order valence-corrected chi connectivity index (χ2v) is 15.3. The van der Waals surface area contributed by atoms with Crippen LogP contribution in [0.1, 0.15) is 68.2 Å². The lowest BCUT2D eigenvalue weighted by atomic mass is 9.64. The van der Waals surface area contributed by atoms with Gasteiger partial charge in [-0.25, -0.2) is 0 Å². The number of hydrogen-bond acceptors (Lipinski definition) is 4. The van der Waals surface area contributed by atoms with Gasteiger partial charge in [0.2, 0.25) is 0 Å². The molecule has 2 aliphatic heterocycles. The third-order valence-electron chi connectivity index (χ3n) is 12.4. The number of benzene rings is 4. The van der Waals surface area contributed by atoms with Gasteiger partial charge in [0.15, 0.2) is 13.5 Å². The Morgan fingerprint density at radius 3 is 1.47 bits per heavy atom. The van der Waals surface area contributed by atoms with E-state index in [2.05, 4.69) is 121 Å². The highest BCUT2D eigenvalue weighted by molar-refractivity contribution is 5.52. The Kier molecular flexibility index (Phi) is 6.27. The Morgan fingerprint density at radius 1 is 0.556 bits per heavy atom. The minimum absolute atomic E-state index is 0.239. The van der Waals surface area contributed by atoms with E-state index in [0.717, 1.165) is 48.3 Å². The molecule has 4 atom stereocenters. The first-order chi connectivity index (χ1) is 21.9. The highest BCUT2D eigenvalue weighted by Crippen LogP contribution is 2.65. The first kappa shape index (κ1) is 27.4. The molecule has 4 aromatic rings. The van der Waals surface area contributed by atoms with E-state index in [-0.39, 0.29) is 10.8 Å². The van der Waals surface area contributed by atoms with Crippen LogP contribution < -0.4 is 19.3 Å². The van der Waals surface area contributed by atoms with E-state index >= 15 is 0 Å². The van der Waals surface area contributed by atoms with Crippen molar-refractivity contribution in [3.63, 3.8) is 0 Å². The standard InChI is InChI=1S/C41H44N2O2/c1-40(32-13-15-38-30(18-32)24-42(26-44-38)34-9-5-3-6-10-34)20-28-17-29(21-40)37-23-41(2,22-36(28)37)33-14-16-39-31(19-33)25-43(27-45-39)35-11-7-4-8-12-35/h3-16,18-19,28-29,36-37H,17,20-27H2,1-2H3. The number of para-hydroxylation sites is 2. The number of nitrogens with zero attached hydrogens (tertiary/aromatic N) is 2. The molecule has 230 valence electrons. The largest absolute Gasteiger partial charge is 0.473 e. The molecule has 3 fully saturated rings. The Hall–Kier alpha value is -3.92. The van der Waals surface area contributed by atoms with Gasteiger partial charge in [-0.1, -0.05) is 62.4 Å². The molecule has 2 bridgehead atoms. The third kappa shape index (κ3) is 4.63. The lowest BCUT2D eigenvalue weighted by Crippen LogP contribution is -2.35. The molecule has 4 unspecified atom stereocenters. The van der Waals surface area contributed by atoms with E-state index in [0.29, 0.717) is 13.5 Å². The van der Waals surface area contributed by atoms with Crippen molar-refractivity contribution in [2.45, 2.75) is 69.9 Å². The summed E-state index contributed by atoms with van der Waals surface area (Å²) in [5, 5.41) is 0. The summed E-state index contributed by atoms with van der Waals surface area (Å²) in [6.45, 7) is 8.17. The summed E-state index contributed by atoms with van der Waals surface area (Å²) in [4.78, 5) is 4.69. The molecule has 0 N–H and O–H groups in total. The van der Waals surface area contributed by atoms with Crippen LogP contribution in [0, 0.1) is 23.7 Å². The van der Waals surface area contributed by atoms with Crippen LogP contribution in [0.4, 0.5) is 11.4 Å². The minimum atomic E-state index is 0.239. The second kappa shape index (κ2) is 10.3. The van der Waals surface area contributed by atoms with E-state index in [1.807, 2.05) is 0 Å². The summed E-state index contributed by atoms with van der Waals surface area (Å²) in [6.07, 6.45) is 6.70. The minimum Gasteiger partial charge on any atom is -0.473 e. The van der Waals surface area contributed by atoms with Gasteiger partial charge < -0.3 is 19.3 Å². The molecule has 5 aliphatic rings. The zero-order valence-electron chi connectivity index (χ0n) is 26.6. The molecule has 9 rings (SSSR count). The Balaban J connectivity index is 0.928. The van der Waals surface area contributed by atoms with Gasteiger partial charge in [0.05, 0.1) is 0 Å². The molecule has 2 heterocycles. The average molecular weight is 597 g/mol. The van der Waals surface area contributed by atoms with Crippen molar-refractivity contribution in [1.29, 1.82) is 0 Å². The van der Waals surface area contributed by atoms with Crippen LogP contribution in [0.2, 0.25) is 0 Å². The number of rotatable bonds is 4. The molecule has 0 aromatic heterocycles. The van der Waals surface area contributed by atoms with E-state index in [9.17, 15) is 0 Å². The molecule has 0 radical (unpaired) electrons. The smallest absolute Gasteiger partial charge is 0.161 e. The van der Waals surface area contributed by atoms with Crippen LogP contribution in [-0.2, 0) is 23.9 Å². The fraction of sp³-hybridized carbons (Fsp3) is 0.415. The summed E-state index contributed by atoms with van der Waals surface area (Å²) in [5.74, 6) is 5.44. The Bertz CT molecular complexity index is 1700. The van der Waals surface area contributed by atoms with Crippen molar-refractivity contribution in [1.82, 2.24) is 0 Å². The monoisotopic (exact) mass is 596 g/mol. The lowest BCUT2D eigenvalue weighted by molar-refractivity contribution is 0.193. The Morgan fingerprint density at radius 2 is 1.00 bits per heavy atom. The summed E-state index contributed by atoms with van der Waals surface area (Å²) in [7, 11) is 0. The van der Waals surface area contributed by atoms with Gasteiger partial charge in [0.25, 0.3) is 0 Å². The van der Waals surface area contributed by atoms with Gasteiger partial charge in [-0.2, -0.15) is 0 Å². The Labute approximate surface area is 268 Å². The van der Waals surface area contributed by atoms with E-state index < -0.39 is 0 Å². The van der Waals surface area contributed by atoms with E-state index in [1.54, 1.807) is 0 Å². The van der Waals surface area contributed by atoms with Crippen molar-refractivity contribution >= 4 is 11.4 Å². The molecule has 3 aliphatic carbocycles. The van der Waals surface area contributed by atoms with Crippen molar-refractivity contribution < 1.29 is 9.47 Å². The third-order valence-corrected chi connectivity index (χ3v) is 12.4. The van der Waals surface area contributed by atoms with Crippen LogP contribution in [0.5, 0.6) is 11.5 Å². The maximum atomic E-state index is 6.22. The quantitative estimate of drug-likeness (QED) is 0.235. The van der Waals surface area contributed by atoms with E-state index in [4.69, 9.17) is 9.47 Å². The molecule has 0 amide bonds. The second-order valence-electron chi connectivity index (χ2n) is 15.3. The number of fused-ring (bicyclic) bond motifs is 7. The van der Waals surface area contributed by atoms with Gasteiger partial charge in [0.1, 0.15) is 11.5 Å². The zero-order valence-corrected chi connectivity index (χ0v) is 26.6. The first-order valence-electron chi connectivity index (χ1n) is 17.1. The van der Waals surface area contributed by atoms with Crippen LogP contribution in [-0.4, -0.2) is 13.5 Å². The van der Waals surface area contributed by atoms with Gasteiger partial charge in [-0.05, 0) is 126 Å². The lowest BCUT2D eigenvalue weighted by Gasteiger charge is -2.41. The van der Waals surface area contributed by atoms with Crippen LogP contribution in [0.3, 0.4) is 0 Å². The highest BCUT2D eigenvalue weighted by atomic mass is 16.5. The fourth-order valence-electron chi connectivity index (χ4n) is 10.2. The van der Waals surface area contributed by atoms with Crippen molar-refractivity contribution in [3.05, 3.63) is 119 Å². The van der Waals surface area contributed by atoms with Crippen molar-refractivity contribution in [2.75, 3.05) is 23.3 Å². The number of hydrogen-bond donors (Lipinski definition) is 0. The van der Waals surface area contributed by atoms with Crippen molar-refractivity contribution in [3.8, 4) is 11.5 Å². The SMILES string of the molecule is CC1(c2ccc3c(c2)CN(c2ccccc2)CO3)CC2CC(C1)C1CC(C)(c3ccc4c(c3)CN(c3ccccc3)CO4)CC21. The molecule has 0 saturated heterocycles. The van der Waals surface area contributed by atoms with Crippen LogP contribution in [0.25, 0.3) is 0 Å². The maximum absolute atomic E-state index is 6.22. The van der Waals surface area contributed by atoms with Gasteiger partial charge >= 0.3 is 0 Å². The summed E-state index contributed by atoms with van der Waals surface area (Å²) in [5.41, 5.74) is 8.64. The molecule has 4 heteroatoms. The van der Waals surface area contributed by atoms with Crippen LogP contribution >= 0.6 is 0 Å². The number of anilines is 2. The zero-order chi connectivity index (χ0) is 30.2. The predicted octanol–water partition coefficient (Wildman–Crippen LogP) is 9.07. The van der Waals surface area contributed by atoms with Crippen LogP contribution in [0.15, 0.2) is 97.1 Å². The van der Waals surface area contributed by atoms with Gasteiger partial charge in [0, 0.05) is 35.6 Å². The topological polar surface area (TPSA) is 24.9 Å². The first-order valence-corrected chi connectivity index (χ1v) is 17.1. The molecule has 3 saturated carbocycles. The van der Waals surface area contributed by atoms with Gasteiger partial charge in [-0.15, -0.1) is 0 Å². The summed E-state index contributed by atoms with van der Waals surface area (Å²) in [6, 6.07) is 35.6.